The van der Waals surface area contributed by atoms with Crippen LogP contribution in [0.2, 0.25) is 0 Å². The molecule has 4 rings (SSSR count). The highest BCUT2D eigenvalue weighted by atomic mass is 35.5. The molecule has 0 aliphatic heterocycles. The van der Waals surface area contributed by atoms with E-state index in [-0.39, 0.29) is 11.2 Å². The van der Waals surface area contributed by atoms with Crippen LogP contribution in [0.5, 0.6) is 0 Å². The second kappa shape index (κ2) is 6.74. The predicted molar refractivity (Wildman–Crippen MR) is 111 cm³/mol. The quantitative estimate of drug-likeness (QED) is 0.398. The molecule has 0 aromatic carbocycles. The minimum absolute atomic E-state index is 0.0698. The van der Waals surface area contributed by atoms with E-state index in [2.05, 4.69) is 19.9 Å². The largest absolute Gasteiger partial charge is 0.381 e. The van der Waals surface area contributed by atoms with Crippen molar-refractivity contribution >= 4 is 29.0 Å². The van der Waals surface area contributed by atoms with Crippen molar-refractivity contribution in [2.45, 2.75) is 83.1 Å². The second-order valence-electron chi connectivity index (χ2n) is 10.2. The summed E-state index contributed by atoms with van der Waals surface area (Å²) >= 11 is 13.0. The minimum atomic E-state index is -0.607. The van der Waals surface area contributed by atoms with E-state index >= 15 is 0 Å². The van der Waals surface area contributed by atoms with Gasteiger partial charge in [-0.15, -0.1) is 23.2 Å². The highest BCUT2D eigenvalue weighted by Gasteiger charge is 2.67. The highest BCUT2D eigenvalue weighted by molar-refractivity contribution is 6.46. The Morgan fingerprint density at radius 2 is 1.85 bits per heavy atom. The highest BCUT2D eigenvalue weighted by Crippen LogP contribution is 2.71. The van der Waals surface area contributed by atoms with Crippen LogP contribution >= 0.6 is 23.2 Å². The number of allylic oxidation sites excluding steroid dienone is 1. The van der Waals surface area contributed by atoms with Crippen LogP contribution in [-0.4, -0.2) is 23.8 Å². The number of ketones is 1. The van der Waals surface area contributed by atoms with Crippen LogP contribution in [-0.2, 0) is 9.53 Å². The topological polar surface area (TPSA) is 26.3 Å². The lowest BCUT2D eigenvalue weighted by Gasteiger charge is -2.59. The predicted octanol–water partition coefficient (Wildman–Crippen LogP) is 6.34. The summed E-state index contributed by atoms with van der Waals surface area (Å²) in [5.74, 6) is 2.12. The summed E-state index contributed by atoms with van der Waals surface area (Å²) in [7, 11) is 1.85. The van der Waals surface area contributed by atoms with Gasteiger partial charge in [0.1, 0.15) is 10.6 Å². The van der Waals surface area contributed by atoms with Crippen molar-refractivity contribution in [2.75, 3.05) is 7.11 Å². The number of ether oxygens (including phenoxy) is 1. The number of methoxy groups -OCH3 is 1. The van der Waals surface area contributed by atoms with Gasteiger partial charge in [0.25, 0.3) is 0 Å². The Bertz CT molecular complexity index is 659. The molecule has 7 atom stereocenters. The van der Waals surface area contributed by atoms with Crippen LogP contribution in [0.1, 0.15) is 72.1 Å². The Morgan fingerprint density at radius 3 is 2.48 bits per heavy atom. The molecule has 0 aromatic heterocycles. The van der Waals surface area contributed by atoms with Gasteiger partial charge >= 0.3 is 0 Å². The van der Waals surface area contributed by atoms with Gasteiger partial charge < -0.3 is 4.74 Å². The normalized spacial score (nSPS) is 49.2. The zero-order valence-corrected chi connectivity index (χ0v) is 18.7. The molecular formula is C23H34Cl2O2. The first kappa shape index (κ1) is 20.2. The third-order valence-corrected chi connectivity index (χ3v) is 10.4. The number of carbonyl (C=O) groups is 1. The van der Waals surface area contributed by atoms with Crippen LogP contribution < -0.4 is 0 Å². The fourth-order valence-corrected chi connectivity index (χ4v) is 9.02. The molecule has 2 nitrogen and oxygen atoms in total. The van der Waals surface area contributed by atoms with E-state index in [4.69, 9.17) is 27.9 Å². The molecular weight excluding hydrogens is 379 g/mol. The third-order valence-electron chi connectivity index (χ3n) is 9.65. The molecule has 4 aliphatic rings. The summed E-state index contributed by atoms with van der Waals surface area (Å²) in [6.45, 7) is 6.54. The summed E-state index contributed by atoms with van der Waals surface area (Å²) < 4.78 is 5.68. The number of alkyl halides is 2. The van der Waals surface area contributed by atoms with Gasteiger partial charge in [0.15, 0.2) is 0 Å². The molecule has 0 amide bonds. The molecule has 3 fully saturated rings. The van der Waals surface area contributed by atoms with Crippen LogP contribution in [0.3, 0.4) is 0 Å². The van der Waals surface area contributed by atoms with Gasteiger partial charge in [0.05, 0.1) is 11.5 Å². The van der Waals surface area contributed by atoms with Crippen molar-refractivity contribution < 1.29 is 9.53 Å². The summed E-state index contributed by atoms with van der Waals surface area (Å²) in [6.07, 6.45) is 11.8. The summed E-state index contributed by atoms with van der Waals surface area (Å²) in [6, 6.07) is 0. The molecule has 4 heteroatoms. The van der Waals surface area contributed by atoms with Gasteiger partial charge in [-0.25, -0.2) is 0 Å². The average Bonchev–Trinajstić information content (AvgIpc) is 2.95. The third kappa shape index (κ3) is 2.58. The van der Waals surface area contributed by atoms with Crippen LogP contribution in [0, 0.1) is 34.0 Å². The van der Waals surface area contributed by atoms with Gasteiger partial charge in [-0.3, -0.25) is 4.79 Å². The smallest absolute Gasteiger partial charge is 0.139 e. The minimum Gasteiger partial charge on any atom is -0.381 e. The number of hydrogen-bond acceptors (Lipinski definition) is 2. The molecule has 4 aliphatic carbocycles. The van der Waals surface area contributed by atoms with Crippen molar-refractivity contribution in [3.05, 3.63) is 11.6 Å². The fraction of sp³-hybridized carbons (Fsp3) is 0.870. The molecule has 7 unspecified atom stereocenters. The maximum Gasteiger partial charge on any atom is 0.139 e. The monoisotopic (exact) mass is 412 g/mol. The van der Waals surface area contributed by atoms with Crippen LogP contribution in [0.25, 0.3) is 0 Å². The van der Waals surface area contributed by atoms with Gasteiger partial charge in [-0.2, -0.15) is 0 Å². The summed E-state index contributed by atoms with van der Waals surface area (Å²) in [5, 5.41) is 0. The van der Waals surface area contributed by atoms with E-state index in [1.54, 1.807) is 12.5 Å². The Hall–Kier alpha value is -0.0500. The average molecular weight is 413 g/mol. The van der Waals surface area contributed by atoms with Crippen LogP contribution in [0.4, 0.5) is 0 Å². The van der Waals surface area contributed by atoms with Crippen LogP contribution in [0.15, 0.2) is 11.6 Å². The molecule has 27 heavy (non-hydrogen) atoms. The molecule has 0 spiro atoms. The maximum absolute atomic E-state index is 12.8. The van der Waals surface area contributed by atoms with E-state index in [9.17, 15) is 4.79 Å². The number of Topliss-reactive ketones (excluding diaryl/α,β-unsaturated/α-hetero) is 1. The molecule has 0 bridgehead atoms. The van der Waals surface area contributed by atoms with Crippen molar-refractivity contribution in [1.29, 1.82) is 0 Å². The first-order valence-electron chi connectivity index (χ1n) is 10.7. The number of fused-ring (bicyclic) bond motifs is 5. The number of halogens is 2. The Morgan fingerprint density at radius 1 is 1.15 bits per heavy atom. The van der Waals surface area contributed by atoms with Crippen molar-refractivity contribution in [3.8, 4) is 0 Å². The maximum atomic E-state index is 12.8. The van der Waals surface area contributed by atoms with Crippen molar-refractivity contribution in [1.82, 2.24) is 0 Å². The van der Waals surface area contributed by atoms with Gasteiger partial charge in [-0.1, -0.05) is 25.5 Å². The molecule has 0 aromatic rings. The number of rotatable bonds is 3. The first-order valence-corrected chi connectivity index (χ1v) is 11.6. The number of hydrogen-bond donors (Lipinski definition) is 0. The standard InChI is InChI=1S/C23H34Cl2O2/c1-14(26)23(20(24)25)12-9-19-17-6-5-15-13-16(27-4)7-10-21(15,2)18(17)8-11-22(19,23)3/h5,16-20H,6-13H2,1-4H3. The Balaban J connectivity index is 1.69. The summed E-state index contributed by atoms with van der Waals surface area (Å²) in [4.78, 5) is 12.2. The van der Waals surface area contributed by atoms with E-state index < -0.39 is 10.3 Å². The van der Waals surface area contributed by atoms with E-state index in [1.807, 2.05) is 7.11 Å². The molecule has 0 radical (unpaired) electrons. The molecule has 0 saturated heterocycles. The Kier molecular flexibility index (Phi) is 5.05. The lowest BCUT2D eigenvalue weighted by Crippen LogP contribution is -2.55. The second-order valence-corrected chi connectivity index (χ2v) is 11.3. The van der Waals surface area contributed by atoms with Gasteiger partial charge in [0, 0.05) is 7.11 Å². The molecule has 152 valence electrons. The van der Waals surface area contributed by atoms with Crippen molar-refractivity contribution in [2.24, 2.45) is 34.0 Å². The SMILES string of the molecule is COC1CCC2(C)C(=CCC3C2CCC2(C)C3CCC2(C(C)=O)C(Cl)Cl)C1. The zero-order chi connectivity index (χ0) is 19.6. The van der Waals surface area contributed by atoms with Gasteiger partial charge in [-0.05, 0) is 86.9 Å². The van der Waals surface area contributed by atoms with E-state index in [0.29, 0.717) is 23.4 Å². The zero-order valence-electron chi connectivity index (χ0n) is 17.2. The van der Waals surface area contributed by atoms with Crippen molar-refractivity contribution in [3.63, 3.8) is 0 Å². The first-order chi connectivity index (χ1) is 12.7. The number of carbonyl (C=O) groups excluding carboxylic acids is 1. The van der Waals surface area contributed by atoms with E-state index in [0.717, 1.165) is 44.4 Å². The Labute approximate surface area is 174 Å². The lowest BCUT2D eigenvalue weighted by atomic mass is 9.45. The molecule has 0 N–H and O–H groups in total. The fourth-order valence-electron chi connectivity index (χ4n) is 7.99. The lowest BCUT2D eigenvalue weighted by molar-refractivity contribution is -0.138. The molecule has 3 saturated carbocycles. The van der Waals surface area contributed by atoms with Gasteiger partial charge in [0.2, 0.25) is 0 Å². The van der Waals surface area contributed by atoms with E-state index in [1.165, 1.54) is 12.8 Å². The summed E-state index contributed by atoms with van der Waals surface area (Å²) in [5.41, 5.74) is 1.31. The molecule has 0 heterocycles.